The fourth-order valence-electron chi connectivity index (χ4n) is 2.52. The van der Waals surface area contributed by atoms with Crippen molar-refractivity contribution in [2.24, 2.45) is 5.73 Å². The zero-order valence-corrected chi connectivity index (χ0v) is 10.9. The van der Waals surface area contributed by atoms with Crippen molar-refractivity contribution >= 4 is 0 Å². The molecule has 0 aromatic heterocycles. The zero-order chi connectivity index (χ0) is 14.1. The van der Waals surface area contributed by atoms with Gasteiger partial charge in [0.25, 0.3) is 0 Å². The van der Waals surface area contributed by atoms with Crippen molar-refractivity contribution in [3.8, 4) is 5.75 Å². The van der Waals surface area contributed by atoms with Crippen LogP contribution in [0.2, 0.25) is 0 Å². The van der Waals surface area contributed by atoms with Crippen LogP contribution in [0, 0.1) is 11.6 Å². The van der Waals surface area contributed by atoms with E-state index in [1.807, 2.05) is 18.2 Å². The molecule has 0 spiro atoms. The first kappa shape index (κ1) is 13.1. The second-order valence-electron chi connectivity index (χ2n) is 5.00. The van der Waals surface area contributed by atoms with E-state index in [1.165, 1.54) is 12.1 Å². The molecule has 3 rings (SSSR count). The number of hydrogen-bond acceptors (Lipinski definition) is 2. The SMILES string of the molecule is NC(c1cc(F)cc(F)c1)c1ccc2c(c1)CCCO2. The van der Waals surface area contributed by atoms with E-state index in [4.69, 9.17) is 10.5 Å². The van der Waals surface area contributed by atoms with E-state index in [0.717, 1.165) is 42.4 Å². The van der Waals surface area contributed by atoms with E-state index in [-0.39, 0.29) is 0 Å². The Bertz CT molecular complexity index is 622. The molecule has 1 aliphatic heterocycles. The lowest BCUT2D eigenvalue weighted by atomic mass is 9.95. The molecule has 104 valence electrons. The molecular formula is C16H15F2NO. The molecule has 0 saturated heterocycles. The standard InChI is InChI=1S/C16H15F2NO/c17-13-7-12(8-14(18)9-13)16(19)11-3-4-15-10(6-11)2-1-5-20-15/h3-4,6-9,16H,1-2,5,19H2. The molecule has 2 N–H and O–H groups in total. The van der Waals surface area contributed by atoms with Gasteiger partial charge < -0.3 is 10.5 Å². The predicted molar refractivity (Wildman–Crippen MR) is 72.6 cm³/mol. The minimum atomic E-state index is -0.614. The van der Waals surface area contributed by atoms with Gasteiger partial charge in [-0.3, -0.25) is 0 Å². The third-order valence-electron chi connectivity index (χ3n) is 3.54. The van der Waals surface area contributed by atoms with Gasteiger partial charge in [-0.05, 0) is 47.7 Å². The number of fused-ring (bicyclic) bond motifs is 1. The van der Waals surface area contributed by atoms with Gasteiger partial charge in [0.2, 0.25) is 0 Å². The van der Waals surface area contributed by atoms with Gasteiger partial charge in [-0.25, -0.2) is 8.78 Å². The molecule has 0 aliphatic carbocycles. The average Bonchev–Trinajstić information content (AvgIpc) is 2.45. The number of rotatable bonds is 2. The molecule has 1 heterocycles. The molecule has 2 nitrogen and oxygen atoms in total. The quantitative estimate of drug-likeness (QED) is 0.912. The third-order valence-corrected chi connectivity index (χ3v) is 3.54. The maximum Gasteiger partial charge on any atom is 0.126 e. The van der Waals surface area contributed by atoms with Crippen LogP contribution in [0.15, 0.2) is 36.4 Å². The fourth-order valence-corrected chi connectivity index (χ4v) is 2.52. The number of nitrogens with two attached hydrogens (primary N) is 1. The Labute approximate surface area is 116 Å². The minimum Gasteiger partial charge on any atom is -0.493 e. The summed E-state index contributed by atoms with van der Waals surface area (Å²) in [4.78, 5) is 0. The lowest BCUT2D eigenvalue weighted by molar-refractivity contribution is 0.288. The van der Waals surface area contributed by atoms with E-state index in [9.17, 15) is 8.78 Å². The highest BCUT2D eigenvalue weighted by Crippen LogP contribution is 2.29. The van der Waals surface area contributed by atoms with Crippen molar-refractivity contribution in [3.05, 3.63) is 64.7 Å². The summed E-state index contributed by atoms with van der Waals surface area (Å²) in [7, 11) is 0. The van der Waals surface area contributed by atoms with Gasteiger partial charge in [0, 0.05) is 6.07 Å². The first-order chi connectivity index (χ1) is 9.63. The topological polar surface area (TPSA) is 35.2 Å². The van der Waals surface area contributed by atoms with E-state index < -0.39 is 17.7 Å². The van der Waals surface area contributed by atoms with Gasteiger partial charge in [-0.1, -0.05) is 12.1 Å². The first-order valence-corrected chi connectivity index (χ1v) is 6.61. The maximum atomic E-state index is 13.3. The van der Waals surface area contributed by atoms with Crippen molar-refractivity contribution in [2.75, 3.05) is 6.61 Å². The molecule has 2 aromatic rings. The van der Waals surface area contributed by atoms with Crippen LogP contribution in [0.5, 0.6) is 5.75 Å². The van der Waals surface area contributed by atoms with Crippen LogP contribution >= 0.6 is 0 Å². The molecule has 0 amide bonds. The number of ether oxygens (including phenoxy) is 1. The van der Waals surface area contributed by atoms with Crippen LogP contribution in [-0.2, 0) is 6.42 Å². The van der Waals surface area contributed by atoms with Gasteiger partial charge in [-0.2, -0.15) is 0 Å². The summed E-state index contributed by atoms with van der Waals surface area (Å²) in [5.74, 6) is -0.355. The second kappa shape index (κ2) is 5.21. The summed E-state index contributed by atoms with van der Waals surface area (Å²) in [5.41, 5.74) is 8.47. The Morgan fingerprint density at radius 2 is 1.75 bits per heavy atom. The fraction of sp³-hybridized carbons (Fsp3) is 0.250. The lowest BCUT2D eigenvalue weighted by Gasteiger charge is -2.20. The van der Waals surface area contributed by atoms with Crippen molar-refractivity contribution in [1.82, 2.24) is 0 Å². The Morgan fingerprint density at radius 1 is 1.00 bits per heavy atom. The maximum absolute atomic E-state index is 13.3. The Kier molecular flexibility index (Phi) is 3.40. The number of benzene rings is 2. The van der Waals surface area contributed by atoms with Gasteiger partial charge in [0.1, 0.15) is 17.4 Å². The Hall–Kier alpha value is -1.94. The van der Waals surface area contributed by atoms with Crippen LogP contribution in [0.25, 0.3) is 0 Å². The van der Waals surface area contributed by atoms with Crippen LogP contribution < -0.4 is 10.5 Å². The van der Waals surface area contributed by atoms with Crippen molar-refractivity contribution in [2.45, 2.75) is 18.9 Å². The third kappa shape index (κ3) is 2.51. The van der Waals surface area contributed by atoms with Gasteiger partial charge >= 0.3 is 0 Å². The predicted octanol–water partition coefficient (Wildman–Crippen LogP) is 3.34. The number of hydrogen-bond donors (Lipinski definition) is 1. The zero-order valence-electron chi connectivity index (χ0n) is 10.9. The van der Waals surface area contributed by atoms with Crippen LogP contribution in [0.4, 0.5) is 8.78 Å². The summed E-state index contributed by atoms with van der Waals surface area (Å²) >= 11 is 0. The molecule has 0 bridgehead atoms. The molecule has 4 heteroatoms. The summed E-state index contributed by atoms with van der Waals surface area (Å²) in [6.45, 7) is 0.730. The molecule has 0 saturated carbocycles. The van der Waals surface area contributed by atoms with Crippen LogP contribution in [-0.4, -0.2) is 6.61 Å². The Morgan fingerprint density at radius 3 is 2.50 bits per heavy atom. The Balaban J connectivity index is 1.95. The molecule has 2 aromatic carbocycles. The van der Waals surface area contributed by atoms with Crippen molar-refractivity contribution in [3.63, 3.8) is 0 Å². The second-order valence-corrected chi connectivity index (χ2v) is 5.00. The molecule has 0 radical (unpaired) electrons. The molecule has 0 fully saturated rings. The summed E-state index contributed by atoms with van der Waals surface area (Å²) in [5, 5.41) is 0. The van der Waals surface area contributed by atoms with E-state index in [2.05, 4.69) is 0 Å². The highest BCUT2D eigenvalue weighted by molar-refractivity contribution is 5.42. The van der Waals surface area contributed by atoms with E-state index >= 15 is 0 Å². The monoisotopic (exact) mass is 275 g/mol. The highest BCUT2D eigenvalue weighted by atomic mass is 19.1. The van der Waals surface area contributed by atoms with E-state index in [1.54, 1.807) is 0 Å². The van der Waals surface area contributed by atoms with E-state index in [0.29, 0.717) is 5.56 Å². The molecule has 1 aliphatic rings. The summed E-state index contributed by atoms with van der Waals surface area (Å²) in [6, 6.07) is 8.51. The normalized spacial score (nSPS) is 15.3. The molecular weight excluding hydrogens is 260 g/mol. The van der Waals surface area contributed by atoms with Gasteiger partial charge in [0.15, 0.2) is 0 Å². The highest BCUT2D eigenvalue weighted by Gasteiger charge is 2.16. The number of aryl methyl sites for hydroxylation is 1. The lowest BCUT2D eigenvalue weighted by Crippen LogP contribution is -2.14. The smallest absolute Gasteiger partial charge is 0.126 e. The van der Waals surface area contributed by atoms with Gasteiger partial charge in [0.05, 0.1) is 12.6 Å². The minimum absolute atomic E-state index is 0.430. The van der Waals surface area contributed by atoms with Crippen molar-refractivity contribution < 1.29 is 13.5 Å². The molecule has 20 heavy (non-hydrogen) atoms. The summed E-state index contributed by atoms with van der Waals surface area (Å²) in [6.07, 6.45) is 1.91. The van der Waals surface area contributed by atoms with Crippen molar-refractivity contribution in [1.29, 1.82) is 0 Å². The van der Waals surface area contributed by atoms with Gasteiger partial charge in [-0.15, -0.1) is 0 Å². The molecule has 1 atom stereocenters. The number of halogens is 2. The molecule has 1 unspecified atom stereocenters. The largest absolute Gasteiger partial charge is 0.493 e. The van der Waals surface area contributed by atoms with Crippen LogP contribution in [0.3, 0.4) is 0 Å². The van der Waals surface area contributed by atoms with Crippen LogP contribution in [0.1, 0.15) is 29.2 Å². The summed E-state index contributed by atoms with van der Waals surface area (Å²) < 4.78 is 32.1. The average molecular weight is 275 g/mol. The first-order valence-electron chi connectivity index (χ1n) is 6.61.